The van der Waals surface area contributed by atoms with E-state index in [0.717, 1.165) is 31.1 Å². The number of nitrogens with one attached hydrogen (secondary N) is 2. The van der Waals surface area contributed by atoms with Crippen molar-refractivity contribution in [3.05, 3.63) is 77.4 Å². The van der Waals surface area contributed by atoms with Crippen molar-refractivity contribution in [2.45, 2.75) is 32.1 Å². The van der Waals surface area contributed by atoms with Crippen LogP contribution >= 0.6 is 0 Å². The number of amides is 2. The average Bonchev–Trinajstić information content (AvgIpc) is 3.51. The lowest BCUT2D eigenvalue weighted by Gasteiger charge is -2.34. The molecule has 0 spiro atoms. The lowest BCUT2D eigenvalue weighted by atomic mass is 9.96. The van der Waals surface area contributed by atoms with Crippen LogP contribution in [0.25, 0.3) is 11.0 Å². The number of fused-ring (bicyclic) bond motifs is 2. The molecule has 4 aromatic rings. The average molecular weight is 612 g/mol. The molecule has 9 nitrogen and oxygen atoms in total. The minimum Gasteiger partial charge on any atom is -0.455 e. The number of halogens is 4. The van der Waals surface area contributed by atoms with E-state index in [0.29, 0.717) is 41.5 Å². The summed E-state index contributed by atoms with van der Waals surface area (Å²) in [4.78, 5) is 30.6. The van der Waals surface area contributed by atoms with Gasteiger partial charge in [-0.25, -0.2) is 9.78 Å². The third kappa shape index (κ3) is 6.34. The van der Waals surface area contributed by atoms with Crippen LogP contribution in [0.15, 0.2) is 55.0 Å². The molecule has 232 valence electrons. The van der Waals surface area contributed by atoms with Gasteiger partial charge in [0.1, 0.15) is 17.1 Å². The minimum atomic E-state index is -4.59. The first kappa shape index (κ1) is 29.8. The van der Waals surface area contributed by atoms with Crippen LogP contribution in [0.1, 0.15) is 35.2 Å². The highest BCUT2D eigenvalue weighted by molar-refractivity contribution is 5.89. The van der Waals surface area contributed by atoms with Gasteiger partial charge in [-0.15, -0.1) is 0 Å². The number of aromatic amines is 1. The largest absolute Gasteiger partial charge is 0.455 e. The van der Waals surface area contributed by atoms with E-state index in [2.05, 4.69) is 32.1 Å². The molecule has 3 aromatic heterocycles. The van der Waals surface area contributed by atoms with Crippen molar-refractivity contribution in [1.29, 1.82) is 0 Å². The van der Waals surface area contributed by atoms with Gasteiger partial charge in [0, 0.05) is 69.8 Å². The normalized spacial score (nSPS) is 17.9. The Balaban J connectivity index is 1.17. The number of benzene rings is 1. The Kier molecular flexibility index (Phi) is 8.41. The van der Waals surface area contributed by atoms with E-state index in [9.17, 15) is 22.4 Å². The molecule has 0 bridgehead atoms. The Morgan fingerprint density at radius 2 is 1.89 bits per heavy atom. The summed E-state index contributed by atoms with van der Waals surface area (Å²) in [6.45, 7) is 5.54. The van der Waals surface area contributed by atoms with Crippen LogP contribution in [0.2, 0.25) is 0 Å². The lowest BCUT2D eigenvalue weighted by Crippen LogP contribution is -2.45. The molecule has 0 radical (unpaired) electrons. The number of alkyl halides is 4. The van der Waals surface area contributed by atoms with Crippen molar-refractivity contribution < 1.29 is 27.1 Å². The number of nitrogens with zero attached hydrogens (tertiary/aromatic N) is 5. The summed E-state index contributed by atoms with van der Waals surface area (Å²) in [6.07, 6.45) is 0.279. The summed E-state index contributed by atoms with van der Waals surface area (Å²) in [5.74, 6) is 0.272. The Bertz CT molecular complexity index is 1640. The second-order valence-electron chi connectivity index (χ2n) is 11.1. The van der Waals surface area contributed by atoms with Crippen LogP contribution in [-0.4, -0.2) is 81.6 Å². The highest BCUT2D eigenvalue weighted by Gasteiger charge is 2.35. The highest BCUT2D eigenvalue weighted by Crippen LogP contribution is 2.36. The van der Waals surface area contributed by atoms with Gasteiger partial charge in [0.25, 0.3) is 0 Å². The first-order chi connectivity index (χ1) is 21.2. The van der Waals surface area contributed by atoms with Crippen LogP contribution < -0.4 is 10.1 Å². The van der Waals surface area contributed by atoms with Crippen LogP contribution in [0, 0.1) is 0 Å². The minimum absolute atomic E-state index is 0.0212. The molecule has 2 amide bonds. The SMILES string of the molecule is CCN1CCN(Cc2ccc(NC(=O)N3Cc4cc(Oc5ccnc6[nH]ccc56)cnc4C(CF)C3)cc2C(F)(F)F)CC1. The van der Waals surface area contributed by atoms with Crippen LogP contribution in [0.5, 0.6) is 11.5 Å². The zero-order valence-electron chi connectivity index (χ0n) is 24.2. The van der Waals surface area contributed by atoms with E-state index in [1.165, 1.54) is 23.2 Å². The Morgan fingerprint density at radius 3 is 2.64 bits per heavy atom. The van der Waals surface area contributed by atoms with E-state index in [4.69, 9.17) is 4.74 Å². The molecule has 13 heteroatoms. The van der Waals surface area contributed by atoms with Gasteiger partial charge in [0.2, 0.25) is 0 Å². The number of carbonyl (C=O) groups is 1. The topological polar surface area (TPSA) is 89.6 Å². The fourth-order valence-electron chi connectivity index (χ4n) is 5.86. The number of anilines is 1. The molecule has 1 atom stereocenters. The van der Waals surface area contributed by atoms with E-state index in [1.54, 1.807) is 24.5 Å². The number of H-pyrrole nitrogens is 1. The van der Waals surface area contributed by atoms with E-state index >= 15 is 0 Å². The standard InChI is InChI=1S/C31H33F4N7O2/c1-2-40-9-11-41(12-10-40)17-20-3-4-23(14-26(20)31(33,34)35)39-30(43)42-18-21-13-24(16-38-28(21)22(15-32)19-42)44-27-6-8-37-29-25(27)5-7-36-29/h3-8,13-14,16,22H,2,9-12,15,17-19H2,1H3,(H,36,37)(H,39,43). The van der Waals surface area contributed by atoms with Gasteiger partial charge in [-0.2, -0.15) is 13.2 Å². The van der Waals surface area contributed by atoms with Crippen molar-refractivity contribution >= 4 is 22.8 Å². The van der Waals surface area contributed by atoms with Crippen molar-refractivity contribution in [2.24, 2.45) is 0 Å². The smallest absolute Gasteiger partial charge is 0.416 e. The monoisotopic (exact) mass is 611 g/mol. The number of piperazine rings is 1. The van der Waals surface area contributed by atoms with E-state index in [-0.39, 0.29) is 30.9 Å². The van der Waals surface area contributed by atoms with Gasteiger partial charge in [0.05, 0.1) is 29.5 Å². The third-order valence-electron chi connectivity index (χ3n) is 8.26. The number of carbonyl (C=O) groups excluding carboxylic acids is 1. The summed E-state index contributed by atoms with van der Waals surface area (Å²) in [5, 5.41) is 3.37. The Hall–Kier alpha value is -4.23. The molecule has 44 heavy (non-hydrogen) atoms. The predicted octanol–water partition coefficient (Wildman–Crippen LogP) is 6.01. The molecule has 0 saturated carbocycles. The molecule has 0 aliphatic carbocycles. The quantitative estimate of drug-likeness (QED) is 0.249. The molecule has 2 N–H and O–H groups in total. The molecular weight excluding hydrogens is 578 g/mol. The first-order valence-electron chi connectivity index (χ1n) is 14.6. The summed E-state index contributed by atoms with van der Waals surface area (Å²) in [6, 6.07) is 8.52. The summed E-state index contributed by atoms with van der Waals surface area (Å²) < 4.78 is 62.4. The number of ether oxygens (including phenoxy) is 1. The number of urea groups is 1. The number of hydrogen-bond acceptors (Lipinski definition) is 6. The van der Waals surface area contributed by atoms with Crippen LogP contribution in [0.4, 0.5) is 28.0 Å². The molecule has 1 aromatic carbocycles. The van der Waals surface area contributed by atoms with Crippen molar-refractivity contribution in [1.82, 2.24) is 29.7 Å². The van der Waals surface area contributed by atoms with Gasteiger partial charge in [-0.3, -0.25) is 14.3 Å². The van der Waals surface area contributed by atoms with Gasteiger partial charge in [-0.1, -0.05) is 13.0 Å². The maximum atomic E-state index is 14.1. The number of likely N-dealkylation sites (N-methyl/N-ethyl adjacent to an activating group) is 1. The predicted molar refractivity (Wildman–Crippen MR) is 157 cm³/mol. The summed E-state index contributed by atoms with van der Waals surface area (Å²) in [5.41, 5.74) is 1.18. The molecule has 5 heterocycles. The van der Waals surface area contributed by atoms with Gasteiger partial charge in [-0.05, 0) is 48.0 Å². The maximum absolute atomic E-state index is 14.1. The van der Waals surface area contributed by atoms with E-state index < -0.39 is 30.4 Å². The molecule has 2 aliphatic rings. The number of rotatable bonds is 7. The highest BCUT2D eigenvalue weighted by atomic mass is 19.4. The van der Waals surface area contributed by atoms with Crippen molar-refractivity contribution in [3.63, 3.8) is 0 Å². The summed E-state index contributed by atoms with van der Waals surface area (Å²) in [7, 11) is 0. The molecule has 2 aliphatic heterocycles. The molecule has 6 rings (SSSR count). The fourth-order valence-corrected chi connectivity index (χ4v) is 5.86. The maximum Gasteiger partial charge on any atom is 0.416 e. The molecule has 1 unspecified atom stereocenters. The molecule has 1 saturated heterocycles. The molecular formula is C31H33F4N7O2. The number of aromatic nitrogens is 3. The van der Waals surface area contributed by atoms with Crippen molar-refractivity contribution in [3.8, 4) is 11.5 Å². The van der Waals surface area contributed by atoms with Gasteiger partial charge < -0.3 is 24.8 Å². The van der Waals surface area contributed by atoms with Crippen molar-refractivity contribution in [2.75, 3.05) is 51.3 Å². The Labute approximate surface area is 251 Å². The van der Waals surface area contributed by atoms with Crippen LogP contribution in [0.3, 0.4) is 0 Å². The fraction of sp³-hybridized carbons (Fsp3) is 0.387. The Morgan fingerprint density at radius 1 is 1.09 bits per heavy atom. The first-order valence-corrected chi connectivity index (χ1v) is 14.6. The zero-order chi connectivity index (χ0) is 30.8. The third-order valence-corrected chi connectivity index (χ3v) is 8.26. The molecule has 1 fully saturated rings. The van der Waals surface area contributed by atoms with Gasteiger partial charge >= 0.3 is 12.2 Å². The number of hydrogen-bond donors (Lipinski definition) is 2. The van der Waals surface area contributed by atoms with Gasteiger partial charge in [0.15, 0.2) is 0 Å². The second-order valence-corrected chi connectivity index (χ2v) is 11.1. The number of pyridine rings is 2. The lowest BCUT2D eigenvalue weighted by molar-refractivity contribution is -0.138. The van der Waals surface area contributed by atoms with E-state index in [1.807, 2.05) is 11.0 Å². The second kappa shape index (κ2) is 12.4. The van der Waals surface area contributed by atoms with Crippen LogP contribution in [-0.2, 0) is 19.3 Å². The zero-order valence-corrected chi connectivity index (χ0v) is 24.2. The summed E-state index contributed by atoms with van der Waals surface area (Å²) >= 11 is 0.